The molecule has 0 radical (unpaired) electrons. The summed E-state index contributed by atoms with van der Waals surface area (Å²) in [6.45, 7) is 8.53. The van der Waals surface area contributed by atoms with Crippen LogP contribution in [0.3, 0.4) is 0 Å². The van der Waals surface area contributed by atoms with Gasteiger partial charge in [0.05, 0.1) is 13.2 Å². The molecular formula is C9H18BrNO. The van der Waals surface area contributed by atoms with E-state index in [0.717, 1.165) is 25.1 Å². The summed E-state index contributed by atoms with van der Waals surface area (Å²) in [5, 5.41) is 1.10. The summed E-state index contributed by atoms with van der Waals surface area (Å²) in [6, 6.07) is 0. The second-order valence-electron chi connectivity index (χ2n) is 3.89. The SMILES string of the molecule is CC1(C)COCCN1CCCBr. The van der Waals surface area contributed by atoms with Crippen LogP contribution in [-0.4, -0.2) is 42.1 Å². The van der Waals surface area contributed by atoms with Gasteiger partial charge in [0.1, 0.15) is 0 Å². The molecule has 1 saturated heterocycles. The van der Waals surface area contributed by atoms with Crippen LogP contribution < -0.4 is 0 Å². The maximum absolute atomic E-state index is 5.44. The Morgan fingerprint density at radius 1 is 1.50 bits per heavy atom. The molecule has 0 saturated carbocycles. The smallest absolute Gasteiger partial charge is 0.0645 e. The van der Waals surface area contributed by atoms with Gasteiger partial charge in [-0.3, -0.25) is 4.90 Å². The normalized spacial score (nSPS) is 24.2. The lowest BCUT2D eigenvalue weighted by molar-refractivity contribution is -0.0504. The van der Waals surface area contributed by atoms with Crippen molar-refractivity contribution in [3.63, 3.8) is 0 Å². The van der Waals surface area contributed by atoms with Gasteiger partial charge < -0.3 is 4.74 Å². The number of morpholine rings is 1. The second kappa shape index (κ2) is 4.58. The summed E-state index contributed by atoms with van der Waals surface area (Å²) in [5.41, 5.74) is 0.237. The third-order valence-corrected chi connectivity index (χ3v) is 2.94. The van der Waals surface area contributed by atoms with Crippen molar-refractivity contribution < 1.29 is 4.74 Å². The van der Waals surface area contributed by atoms with Crippen molar-refractivity contribution in [1.29, 1.82) is 0 Å². The largest absolute Gasteiger partial charge is 0.378 e. The number of ether oxygens (including phenoxy) is 1. The van der Waals surface area contributed by atoms with Gasteiger partial charge >= 0.3 is 0 Å². The molecule has 72 valence electrons. The molecule has 1 rings (SSSR count). The van der Waals surface area contributed by atoms with Crippen LogP contribution in [0.25, 0.3) is 0 Å². The first kappa shape index (κ1) is 10.5. The summed E-state index contributed by atoms with van der Waals surface area (Å²) < 4.78 is 5.44. The Balaban J connectivity index is 2.37. The van der Waals surface area contributed by atoms with Crippen molar-refractivity contribution in [3.8, 4) is 0 Å². The minimum absolute atomic E-state index is 0.237. The van der Waals surface area contributed by atoms with E-state index in [1.807, 2.05) is 0 Å². The second-order valence-corrected chi connectivity index (χ2v) is 4.69. The molecule has 1 aliphatic heterocycles. The minimum Gasteiger partial charge on any atom is -0.378 e. The number of nitrogens with zero attached hydrogens (tertiary/aromatic N) is 1. The van der Waals surface area contributed by atoms with E-state index in [1.54, 1.807) is 0 Å². The van der Waals surface area contributed by atoms with Crippen LogP contribution in [0.1, 0.15) is 20.3 Å². The molecule has 12 heavy (non-hydrogen) atoms. The molecule has 0 amide bonds. The van der Waals surface area contributed by atoms with Gasteiger partial charge in [-0.25, -0.2) is 0 Å². The summed E-state index contributed by atoms with van der Waals surface area (Å²) in [7, 11) is 0. The van der Waals surface area contributed by atoms with E-state index in [-0.39, 0.29) is 5.54 Å². The van der Waals surface area contributed by atoms with Crippen LogP contribution in [-0.2, 0) is 4.74 Å². The zero-order valence-corrected chi connectivity index (χ0v) is 9.56. The predicted molar refractivity (Wildman–Crippen MR) is 54.9 cm³/mol. The van der Waals surface area contributed by atoms with E-state index in [9.17, 15) is 0 Å². The fraction of sp³-hybridized carbons (Fsp3) is 1.00. The Kier molecular flexibility index (Phi) is 4.00. The van der Waals surface area contributed by atoms with E-state index in [2.05, 4.69) is 34.7 Å². The minimum atomic E-state index is 0.237. The molecule has 0 bridgehead atoms. The van der Waals surface area contributed by atoms with Crippen molar-refractivity contribution >= 4 is 15.9 Å². The van der Waals surface area contributed by atoms with Crippen LogP contribution in [0.2, 0.25) is 0 Å². The van der Waals surface area contributed by atoms with Crippen LogP contribution >= 0.6 is 15.9 Å². The molecule has 0 spiro atoms. The molecule has 1 fully saturated rings. The van der Waals surface area contributed by atoms with Crippen LogP contribution in [0.5, 0.6) is 0 Å². The maximum atomic E-state index is 5.44. The number of hydrogen-bond acceptors (Lipinski definition) is 2. The molecule has 0 atom stereocenters. The molecular weight excluding hydrogens is 218 g/mol. The quantitative estimate of drug-likeness (QED) is 0.694. The predicted octanol–water partition coefficient (Wildman–Crippen LogP) is 1.88. The Morgan fingerprint density at radius 3 is 2.83 bits per heavy atom. The summed E-state index contributed by atoms with van der Waals surface area (Å²) in [5.74, 6) is 0. The van der Waals surface area contributed by atoms with Crippen molar-refractivity contribution in [2.24, 2.45) is 0 Å². The first-order valence-electron chi connectivity index (χ1n) is 4.55. The van der Waals surface area contributed by atoms with Gasteiger partial charge in [0, 0.05) is 17.4 Å². The fourth-order valence-electron chi connectivity index (χ4n) is 1.56. The Labute approximate surface area is 83.4 Å². The molecule has 0 unspecified atom stereocenters. The molecule has 0 N–H and O–H groups in total. The lowest BCUT2D eigenvalue weighted by atomic mass is 10.0. The van der Waals surface area contributed by atoms with Gasteiger partial charge in [-0.05, 0) is 26.8 Å². The Bertz CT molecular complexity index is 138. The fourth-order valence-corrected chi connectivity index (χ4v) is 1.81. The number of halogens is 1. The highest BCUT2D eigenvalue weighted by Crippen LogP contribution is 2.18. The van der Waals surface area contributed by atoms with Crippen molar-refractivity contribution in [2.75, 3.05) is 31.6 Å². The maximum Gasteiger partial charge on any atom is 0.0645 e. The van der Waals surface area contributed by atoms with Gasteiger partial charge in [-0.1, -0.05) is 15.9 Å². The number of alkyl halides is 1. The first-order chi connectivity index (χ1) is 5.67. The number of hydrogen-bond donors (Lipinski definition) is 0. The average molecular weight is 236 g/mol. The van der Waals surface area contributed by atoms with Crippen LogP contribution in [0.4, 0.5) is 0 Å². The standard InChI is InChI=1S/C9H18BrNO/c1-9(2)8-12-7-6-11(9)5-3-4-10/h3-8H2,1-2H3. The summed E-state index contributed by atoms with van der Waals surface area (Å²) in [6.07, 6.45) is 1.23. The molecule has 3 heteroatoms. The van der Waals surface area contributed by atoms with E-state index in [4.69, 9.17) is 4.74 Å². The van der Waals surface area contributed by atoms with E-state index in [1.165, 1.54) is 13.0 Å². The van der Waals surface area contributed by atoms with E-state index in [0.29, 0.717) is 0 Å². The molecule has 0 aromatic heterocycles. The average Bonchev–Trinajstić information content (AvgIpc) is 2.02. The molecule has 1 aliphatic rings. The molecule has 2 nitrogen and oxygen atoms in total. The zero-order chi connectivity index (χ0) is 9.03. The summed E-state index contributed by atoms with van der Waals surface area (Å²) >= 11 is 3.46. The Hall–Kier alpha value is 0.400. The molecule has 0 aliphatic carbocycles. The van der Waals surface area contributed by atoms with Crippen LogP contribution in [0, 0.1) is 0 Å². The third-order valence-electron chi connectivity index (χ3n) is 2.38. The summed E-state index contributed by atoms with van der Waals surface area (Å²) in [4.78, 5) is 2.51. The Morgan fingerprint density at radius 2 is 2.25 bits per heavy atom. The first-order valence-corrected chi connectivity index (χ1v) is 5.68. The third kappa shape index (κ3) is 2.71. The highest BCUT2D eigenvalue weighted by molar-refractivity contribution is 9.09. The molecule has 0 aromatic rings. The van der Waals surface area contributed by atoms with Gasteiger partial charge in [0.15, 0.2) is 0 Å². The van der Waals surface area contributed by atoms with Gasteiger partial charge in [0.2, 0.25) is 0 Å². The number of rotatable bonds is 3. The van der Waals surface area contributed by atoms with E-state index >= 15 is 0 Å². The van der Waals surface area contributed by atoms with Gasteiger partial charge in [0.25, 0.3) is 0 Å². The monoisotopic (exact) mass is 235 g/mol. The lowest BCUT2D eigenvalue weighted by Crippen LogP contribution is -2.53. The van der Waals surface area contributed by atoms with Gasteiger partial charge in [-0.2, -0.15) is 0 Å². The zero-order valence-electron chi connectivity index (χ0n) is 7.98. The topological polar surface area (TPSA) is 12.5 Å². The molecule has 1 heterocycles. The highest BCUT2D eigenvalue weighted by atomic mass is 79.9. The van der Waals surface area contributed by atoms with Crippen molar-refractivity contribution in [1.82, 2.24) is 4.90 Å². The van der Waals surface area contributed by atoms with Crippen LogP contribution in [0.15, 0.2) is 0 Å². The highest BCUT2D eigenvalue weighted by Gasteiger charge is 2.29. The lowest BCUT2D eigenvalue weighted by Gasteiger charge is -2.42. The molecule has 0 aromatic carbocycles. The van der Waals surface area contributed by atoms with Crippen molar-refractivity contribution in [2.45, 2.75) is 25.8 Å². The van der Waals surface area contributed by atoms with Gasteiger partial charge in [-0.15, -0.1) is 0 Å². The van der Waals surface area contributed by atoms with E-state index < -0.39 is 0 Å². The van der Waals surface area contributed by atoms with Crippen molar-refractivity contribution in [3.05, 3.63) is 0 Å².